The Morgan fingerprint density at radius 2 is 2.00 bits per heavy atom. The number of hydrogen-bond acceptors (Lipinski definition) is 3. The molecule has 1 heterocycles. The van der Waals surface area contributed by atoms with E-state index in [-0.39, 0.29) is 6.61 Å². The second kappa shape index (κ2) is 5.61. The summed E-state index contributed by atoms with van der Waals surface area (Å²) in [7, 11) is 0. The number of rotatable bonds is 4. The van der Waals surface area contributed by atoms with E-state index in [9.17, 15) is 0 Å². The first-order valence-electron chi connectivity index (χ1n) is 7.22. The molecule has 0 aliphatic heterocycles. The van der Waals surface area contributed by atoms with Gasteiger partial charge in [-0.25, -0.2) is 4.98 Å². The number of imidazole rings is 1. The minimum Gasteiger partial charge on any atom is -0.395 e. The molecule has 1 aromatic heterocycles. The average molecular weight is 259 g/mol. The van der Waals surface area contributed by atoms with Gasteiger partial charge in [0, 0.05) is 12.6 Å². The number of nitrogens with one attached hydrogen (secondary N) is 1. The Kier molecular flexibility index (Phi) is 3.69. The van der Waals surface area contributed by atoms with Gasteiger partial charge in [-0.2, -0.15) is 0 Å². The fourth-order valence-electron chi connectivity index (χ4n) is 3.05. The lowest BCUT2D eigenvalue weighted by molar-refractivity contribution is 0.309. The Balaban J connectivity index is 2.01. The van der Waals surface area contributed by atoms with Crippen molar-refractivity contribution in [3.05, 3.63) is 24.3 Å². The van der Waals surface area contributed by atoms with Gasteiger partial charge in [-0.15, -0.1) is 0 Å². The summed E-state index contributed by atoms with van der Waals surface area (Å²) < 4.78 is 2.34. The summed E-state index contributed by atoms with van der Waals surface area (Å²) in [5, 5.41) is 12.3. The molecule has 1 saturated carbocycles. The highest BCUT2D eigenvalue weighted by atomic mass is 16.3. The Morgan fingerprint density at radius 3 is 2.79 bits per heavy atom. The molecule has 2 N–H and O–H groups in total. The third-order valence-electron chi connectivity index (χ3n) is 3.93. The van der Waals surface area contributed by atoms with Crippen molar-refractivity contribution in [2.75, 3.05) is 18.5 Å². The number of nitrogens with zero attached hydrogens (tertiary/aromatic N) is 2. The van der Waals surface area contributed by atoms with Gasteiger partial charge in [0.2, 0.25) is 5.95 Å². The van der Waals surface area contributed by atoms with E-state index >= 15 is 0 Å². The highest BCUT2D eigenvalue weighted by molar-refractivity contribution is 5.78. The van der Waals surface area contributed by atoms with Gasteiger partial charge in [0.15, 0.2) is 0 Å². The maximum absolute atomic E-state index is 9.00. The summed E-state index contributed by atoms with van der Waals surface area (Å²) >= 11 is 0. The molecule has 2 aromatic rings. The van der Waals surface area contributed by atoms with Gasteiger partial charge in [0.05, 0.1) is 17.6 Å². The van der Waals surface area contributed by atoms with Crippen molar-refractivity contribution in [3.8, 4) is 0 Å². The second-order valence-electron chi connectivity index (χ2n) is 5.24. The molecular formula is C15H21N3O. The molecule has 1 fully saturated rings. The van der Waals surface area contributed by atoms with E-state index in [1.165, 1.54) is 37.6 Å². The second-order valence-corrected chi connectivity index (χ2v) is 5.24. The molecule has 0 radical (unpaired) electrons. The number of para-hydroxylation sites is 2. The Morgan fingerprint density at radius 1 is 1.21 bits per heavy atom. The van der Waals surface area contributed by atoms with Crippen molar-refractivity contribution in [1.82, 2.24) is 9.55 Å². The van der Waals surface area contributed by atoms with Gasteiger partial charge < -0.3 is 15.0 Å². The predicted molar refractivity (Wildman–Crippen MR) is 77.4 cm³/mol. The molecule has 4 nitrogen and oxygen atoms in total. The van der Waals surface area contributed by atoms with Crippen LogP contribution in [0, 0.1) is 0 Å². The van der Waals surface area contributed by atoms with Crippen molar-refractivity contribution >= 4 is 17.0 Å². The molecule has 1 aliphatic rings. The fourth-order valence-corrected chi connectivity index (χ4v) is 3.05. The van der Waals surface area contributed by atoms with Crippen LogP contribution in [0.3, 0.4) is 0 Å². The molecule has 0 unspecified atom stereocenters. The first-order chi connectivity index (χ1) is 9.40. The van der Waals surface area contributed by atoms with Crippen LogP contribution in [0.25, 0.3) is 11.0 Å². The van der Waals surface area contributed by atoms with Crippen LogP contribution in [0.2, 0.25) is 0 Å². The summed E-state index contributed by atoms with van der Waals surface area (Å²) in [5.41, 5.74) is 2.24. The lowest BCUT2D eigenvalue weighted by atomic mass is 9.95. The van der Waals surface area contributed by atoms with Crippen molar-refractivity contribution in [2.24, 2.45) is 0 Å². The Bertz CT molecular complexity index is 543. The van der Waals surface area contributed by atoms with Crippen LogP contribution in [0.5, 0.6) is 0 Å². The lowest BCUT2D eigenvalue weighted by Gasteiger charge is -2.25. The summed E-state index contributed by atoms with van der Waals surface area (Å²) in [6, 6.07) is 8.83. The average Bonchev–Trinajstić information content (AvgIpc) is 2.84. The molecule has 3 rings (SSSR count). The first-order valence-corrected chi connectivity index (χ1v) is 7.22. The molecular weight excluding hydrogens is 238 g/mol. The minimum atomic E-state index is 0.133. The zero-order valence-corrected chi connectivity index (χ0v) is 11.2. The third-order valence-corrected chi connectivity index (χ3v) is 3.93. The molecule has 102 valence electrons. The third kappa shape index (κ3) is 2.45. The molecule has 0 spiro atoms. The number of aromatic nitrogens is 2. The topological polar surface area (TPSA) is 50.1 Å². The van der Waals surface area contributed by atoms with Crippen molar-refractivity contribution in [3.63, 3.8) is 0 Å². The van der Waals surface area contributed by atoms with Crippen LogP contribution in [0.15, 0.2) is 24.3 Å². The highest BCUT2D eigenvalue weighted by Crippen LogP contribution is 2.33. The zero-order valence-electron chi connectivity index (χ0n) is 11.2. The summed E-state index contributed by atoms with van der Waals surface area (Å²) in [6.07, 6.45) is 6.41. The van der Waals surface area contributed by atoms with E-state index in [0.29, 0.717) is 12.6 Å². The molecule has 1 aromatic carbocycles. The molecule has 0 bridgehead atoms. The van der Waals surface area contributed by atoms with E-state index in [0.717, 1.165) is 11.5 Å². The number of anilines is 1. The molecule has 1 aliphatic carbocycles. The summed E-state index contributed by atoms with van der Waals surface area (Å²) in [6.45, 7) is 0.684. The standard InChI is InChI=1S/C15H21N3O/c19-11-10-16-15-17-13-8-4-5-9-14(13)18(15)12-6-2-1-3-7-12/h4-5,8-9,12,19H,1-3,6-7,10-11H2,(H,16,17). The fraction of sp³-hybridized carbons (Fsp3) is 0.533. The largest absolute Gasteiger partial charge is 0.395 e. The Labute approximate surface area is 113 Å². The van der Waals surface area contributed by atoms with Crippen LogP contribution in [0.1, 0.15) is 38.1 Å². The zero-order chi connectivity index (χ0) is 13.1. The van der Waals surface area contributed by atoms with Crippen LogP contribution >= 0.6 is 0 Å². The van der Waals surface area contributed by atoms with E-state index in [4.69, 9.17) is 5.11 Å². The van der Waals surface area contributed by atoms with Crippen molar-refractivity contribution in [1.29, 1.82) is 0 Å². The maximum atomic E-state index is 9.00. The number of aliphatic hydroxyl groups is 1. The van der Waals surface area contributed by atoms with Crippen molar-refractivity contribution < 1.29 is 5.11 Å². The number of hydrogen-bond donors (Lipinski definition) is 2. The van der Waals surface area contributed by atoms with E-state index in [1.54, 1.807) is 0 Å². The first kappa shape index (κ1) is 12.5. The monoisotopic (exact) mass is 259 g/mol. The SMILES string of the molecule is OCCNc1nc2ccccc2n1C1CCCCC1. The van der Waals surface area contributed by atoms with Gasteiger partial charge in [0.25, 0.3) is 0 Å². The van der Waals surface area contributed by atoms with E-state index in [2.05, 4.69) is 33.1 Å². The molecule has 0 atom stereocenters. The van der Waals surface area contributed by atoms with Crippen LogP contribution in [-0.4, -0.2) is 27.8 Å². The quantitative estimate of drug-likeness (QED) is 0.887. The van der Waals surface area contributed by atoms with Gasteiger partial charge >= 0.3 is 0 Å². The van der Waals surface area contributed by atoms with Gasteiger partial charge in [-0.1, -0.05) is 31.4 Å². The number of aliphatic hydroxyl groups excluding tert-OH is 1. The van der Waals surface area contributed by atoms with Gasteiger partial charge in [0.1, 0.15) is 0 Å². The summed E-state index contributed by atoms with van der Waals surface area (Å²) in [5.74, 6) is 0.905. The molecule has 0 saturated heterocycles. The predicted octanol–water partition coefficient (Wildman–Crippen LogP) is 2.95. The van der Waals surface area contributed by atoms with Gasteiger partial charge in [-0.05, 0) is 25.0 Å². The lowest BCUT2D eigenvalue weighted by Crippen LogP contribution is -2.17. The van der Waals surface area contributed by atoms with Gasteiger partial charge in [-0.3, -0.25) is 0 Å². The normalized spacial score (nSPS) is 16.9. The maximum Gasteiger partial charge on any atom is 0.204 e. The molecule has 4 heteroatoms. The summed E-state index contributed by atoms with van der Waals surface area (Å²) in [4.78, 5) is 4.67. The van der Waals surface area contributed by atoms with Crippen molar-refractivity contribution in [2.45, 2.75) is 38.1 Å². The molecule has 0 amide bonds. The minimum absolute atomic E-state index is 0.133. The Hall–Kier alpha value is -1.55. The smallest absolute Gasteiger partial charge is 0.204 e. The molecule has 19 heavy (non-hydrogen) atoms. The highest BCUT2D eigenvalue weighted by Gasteiger charge is 2.20. The van der Waals surface area contributed by atoms with E-state index in [1.807, 2.05) is 6.07 Å². The van der Waals surface area contributed by atoms with Crippen LogP contribution < -0.4 is 5.32 Å². The number of fused-ring (bicyclic) bond motifs is 1. The van der Waals surface area contributed by atoms with E-state index < -0.39 is 0 Å². The van der Waals surface area contributed by atoms with Crippen LogP contribution in [-0.2, 0) is 0 Å². The number of benzene rings is 1. The van der Waals surface area contributed by atoms with Crippen LogP contribution in [0.4, 0.5) is 5.95 Å².